The molecule has 11 heavy (non-hydrogen) atoms. The molecule has 0 amide bonds. The van der Waals surface area contributed by atoms with Crippen LogP contribution in [0.3, 0.4) is 0 Å². The third-order valence-electron chi connectivity index (χ3n) is 1.45. The second-order valence-electron chi connectivity index (χ2n) is 2.12. The Morgan fingerprint density at radius 3 is 2.91 bits per heavy atom. The van der Waals surface area contributed by atoms with E-state index in [0.717, 1.165) is 0 Å². The van der Waals surface area contributed by atoms with Crippen molar-refractivity contribution < 1.29 is 0 Å². The normalized spacial score (nSPS) is 10.6. The lowest BCUT2D eigenvalue weighted by atomic mass is 10.3. The summed E-state index contributed by atoms with van der Waals surface area (Å²) in [5, 5.41) is 5.99. The molecule has 56 valence electrons. The lowest BCUT2D eigenvalue weighted by molar-refractivity contribution is 1.08. The largest absolute Gasteiger partial charge is 0.296 e. The van der Waals surface area contributed by atoms with E-state index in [1.165, 1.54) is 12.4 Å². The van der Waals surface area contributed by atoms with Crippen LogP contribution in [0.5, 0.6) is 0 Å². The first-order valence-corrected chi connectivity index (χ1v) is 3.36. The molecule has 0 atom stereocenters. The highest BCUT2D eigenvalue weighted by molar-refractivity contribution is 6.34. The van der Waals surface area contributed by atoms with Crippen LogP contribution in [0.1, 0.15) is 0 Å². The van der Waals surface area contributed by atoms with Crippen molar-refractivity contribution in [1.29, 1.82) is 0 Å². The van der Waals surface area contributed by atoms with Gasteiger partial charge in [0.05, 0.1) is 15.9 Å². The summed E-state index contributed by atoms with van der Waals surface area (Å²) in [4.78, 5) is 14.7. The van der Waals surface area contributed by atoms with E-state index in [2.05, 4.69) is 15.2 Å². The molecule has 0 aromatic carbocycles. The van der Waals surface area contributed by atoms with Crippen molar-refractivity contribution in [1.82, 2.24) is 15.2 Å². The number of halogens is 1. The van der Waals surface area contributed by atoms with E-state index < -0.39 is 0 Å². The Morgan fingerprint density at radius 1 is 1.36 bits per heavy atom. The molecular formula is C6H4ClN3O. The summed E-state index contributed by atoms with van der Waals surface area (Å²) in [5.41, 5.74) is 0.404. The maximum Gasteiger partial charge on any atom is 0.273 e. The molecule has 0 aliphatic rings. The highest BCUT2D eigenvalue weighted by Gasteiger charge is 2.02. The molecule has 0 fully saturated rings. The molecule has 0 spiro atoms. The van der Waals surface area contributed by atoms with Gasteiger partial charge in [-0.2, -0.15) is 0 Å². The quantitative estimate of drug-likeness (QED) is 0.616. The first kappa shape index (κ1) is 6.42. The molecule has 2 aromatic rings. The molecule has 2 aromatic heterocycles. The van der Waals surface area contributed by atoms with Crippen molar-refractivity contribution in [2.24, 2.45) is 0 Å². The van der Waals surface area contributed by atoms with E-state index in [0.29, 0.717) is 15.9 Å². The lowest BCUT2D eigenvalue weighted by Gasteiger charge is -1.87. The maximum absolute atomic E-state index is 10.9. The van der Waals surface area contributed by atoms with E-state index in [4.69, 9.17) is 11.6 Å². The van der Waals surface area contributed by atoms with Crippen molar-refractivity contribution in [2.45, 2.75) is 0 Å². The molecule has 0 aliphatic heterocycles. The number of hydrogen-bond donors (Lipinski definition) is 2. The molecule has 5 heteroatoms. The molecule has 0 saturated heterocycles. The lowest BCUT2D eigenvalue weighted by Crippen LogP contribution is -1.97. The van der Waals surface area contributed by atoms with Gasteiger partial charge in [-0.3, -0.25) is 20.0 Å². The Hall–Kier alpha value is -1.29. The fourth-order valence-corrected chi connectivity index (χ4v) is 1.13. The van der Waals surface area contributed by atoms with Gasteiger partial charge >= 0.3 is 0 Å². The third-order valence-corrected chi connectivity index (χ3v) is 1.73. The minimum Gasteiger partial charge on any atom is -0.296 e. The monoisotopic (exact) mass is 169 g/mol. The van der Waals surface area contributed by atoms with Gasteiger partial charge in [0.25, 0.3) is 5.56 Å². The molecule has 0 unspecified atom stereocenters. The van der Waals surface area contributed by atoms with Crippen LogP contribution in [0.15, 0.2) is 17.2 Å². The molecule has 0 bridgehead atoms. The molecule has 2 heterocycles. The van der Waals surface area contributed by atoms with Gasteiger partial charge in [-0.25, -0.2) is 0 Å². The van der Waals surface area contributed by atoms with Crippen LogP contribution >= 0.6 is 11.6 Å². The van der Waals surface area contributed by atoms with Crippen LogP contribution in [-0.2, 0) is 0 Å². The average Bonchev–Trinajstić information content (AvgIpc) is 2.35. The van der Waals surface area contributed by atoms with Gasteiger partial charge in [-0.05, 0) is 0 Å². The number of nitrogens with zero attached hydrogens (tertiary/aromatic N) is 1. The van der Waals surface area contributed by atoms with Crippen LogP contribution in [0.25, 0.3) is 10.9 Å². The SMILES string of the molecule is O=c1[nH][nH]c2c(Cl)cncc12. The summed E-state index contributed by atoms with van der Waals surface area (Å²) in [6.45, 7) is 0. The van der Waals surface area contributed by atoms with Crippen molar-refractivity contribution in [3.8, 4) is 0 Å². The van der Waals surface area contributed by atoms with E-state index >= 15 is 0 Å². The average molecular weight is 170 g/mol. The Kier molecular flexibility index (Phi) is 1.22. The van der Waals surface area contributed by atoms with E-state index in [1.54, 1.807) is 0 Å². The van der Waals surface area contributed by atoms with Crippen molar-refractivity contribution in [3.63, 3.8) is 0 Å². The molecule has 0 aliphatic carbocycles. The van der Waals surface area contributed by atoms with Crippen LogP contribution in [-0.4, -0.2) is 15.2 Å². The second-order valence-corrected chi connectivity index (χ2v) is 2.53. The summed E-state index contributed by atoms with van der Waals surface area (Å²) in [5.74, 6) is 0. The summed E-state index contributed by atoms with van der Waals surface area (Å²) in [6.07, 6.45) is 2.95. The van der Waals surface area contributed by atoms with Crippen LogP contribution in [0.2, 0.25) is 5.02 Å². The standard InChI is InChI=1S/C6H4ClN3O/c7-4-2-8-1-3-5(4)9-10-6(3)11/h1-2H,(H2,9,10,11). The van der Waals surface area contributed by atoms with E-state index in [9.17, 15) is 4.79 Å². The van der Waals surface area contributed by atoms with Crippen LogP contribution in [0.4, 0.5) is 0 Å². The molecule has 0 radical (unpaired) electrons. The fourth-order valence-electron chi connectivity index (χ4n) is 0.921. The first-order chi connectivity index (χ1) is 5.29. The van der Waals surface area contributed by atoms with E-state index in [-0.39, 0.29) is 5.56 Å². The first-order valence-electron chi connectivity index (χ1n) is 2.99. The highest BCUT2D eigenvalue weighted by Crippen LogP contribution is 2.15. The number of aromatic amines is 2. The Balaban J connectivity index is 3.06. The van der Waals surface area contributed by atoms with E-state index in [1.807, 2.05) is 0 Å². The Bertz CT molecular complexity index is 444. The second kappa shape index (κ2) is 2.10. The predicted molar refractivity (Wildman–Crippen MR) is 41.7 cm³/mol. The van der Waals surface area contributed by atoms with Gasteiger partial charge in [0.1, 0.15) is 0 Å². The molecule has 2 N–H and O–H groups in total. The summed E-state index contributed by atoms with van der Waals surface area (Å²) < 4.78 is 0. The number of hydrogen-bond acceptors (Lipinski definition) is 2. The van der Waals surface area contributed by atoms with Crippen molar-refractivity contribution in [2.75, 3.05) is 0 Å². The molecule has 4 nitrogen and oxygen atoms in total. The number of nitrogens with one attached hydrogen (secondary N) is 2. The zero-order valence-corrected chi connectivity index (χ0v) is 6.14. The Labute approximate surface area is 66.2 Å². The number of aromatic nitrogens is 3. The smallest absolute Gasteiger partial charge is 0.273 e. The summed E-state index contributed by atoms with van der Waals surface area (Å²) in [7, 11) is 0. The zero-order chi connectivity index (χ0) is 7.84. The summed E-state index contributed by atoms with van der Waals surface area (Å²) in [6, 6.07) is 0. The minimum absolute atomic E-state index is 0.199. The molecule has 0 saturated carbocycles. The van der Waals surface area contributed by atoms with Crippen molar-refractivity contribution >= 4 is 22.5 Å². The number of rotatable bonds is 0. The van der Waals surface area contributed by atoms with Gasteiger partial charge in [-0.15, -0.1) is 0 Å². The Morgan fingerprint density at radius 2 is 2.18 bits per heavy atom. The van der Waals surface area contributed by atoms with Gasteiger partial charge in [0, 0.05) is 12.4 Å². The van der Waals surface area contributed by atoms with Gasteiger partial charge in [0.15, 0.2) is 0 Å². The van der Waals surface area contributed by atoms with Gasteiger partial charge < -0.3 is 0 Å². The number of H-pyrrole nitrogens is 2. The zero-order valence-electron chi connectivity index (χ0n) is 5.39. The van der Waals surface area contributed by atoms with Gasteiger partial charge in [-0.1, -0.05) is 11.6 Å². The topological polar surface area (TPSA) is 61.5 Å². The summed E-state index contributed by atoms with van der Waals surface area (Å²) >= 11 is 5.72. The fraction of sp³-hybridized carbons (Fsp3) is 0. The highest BCUT2D eigenvalue weighted by atomic mass is 35.5. The van der Waals surface area contributed by atoms with Crippen LogP contribution < -0.4 is 5.56 Å². The molecular weight excluding hydrogens is 166 g/mol. The minimum atomic E-state index is -0.199. The maximum atomic E-state index is 10.9. The number of fused-ring (bicyclic) bond motifs is 1. The van der Waals surface area contributed by atoms with Crippen LogP contribution in [0, 0.1) is 0 Å². The van der Waals surface area contributed by atoms with Crippen molar-refractivity contribution in [3.05, 3.63) is 27.8 Å². The van der Waals surface area contributed by atoms with Gasteiger partial charge in [0.2, 0.25) is 0 Å². The third kappa shape index (κ3) is 0.832. The molecule has 2 rings (SSSR count). The predicted octanol–water partition coefficient (Wildman–Crippen LogP) is 0.905. The number of pyridine rings is 1.